The van der Waals surface area contributed by atoms with Crippen molar-refractivity contribution in [3.05, 3.63) is 47.8 Å². The van der Waals surface area contributed by atoms with Crippen molar-refractivity contribution >= 4 is 6.03 Å². The number of nitrogens with zero attached hydrogens (tertiary/aromatic N) is 1. The highest BCUT2D eigenvalue weighted by molar-refractivity contribution is 5.74. The molecule has 1 aliphatic heterocycles. The number of amides is 2. The highest BCUT2D eigenvalue weighted by Crippen LogP contribution is 2.22. The lowest BCUT2D eigenvalue weighted by atomic mass is 10.0. The summed E-state index contributed by atoms with van der Waals surface area (Å²) in [6, 6.07) is 6.20. The summed E-state index contributed by atoms with van der Waals surface area (Å²) in [5.74, 6) is -0.271. The number of morpholine rings is 1. The van der Waals surface area contributed by atoms with Crippen molar-refractivity contribution in [2.24, 2.45) is 0 Å². The van der Waals surface area contributed by atoms with Crippen molar-refractivity contribution in [2.75, 3.05) is 39.4 Å². The van der Waals surface area contributed by atoms with Crippen LogP contribution in [0.15, 0.2) is 36.4 Å². The first-order valence-electron chi connectivity index (χ1n) is 7.79. The molecule has 2 N–H and O–H groups in total. The van der Waals surface area contributed by atoms with Gasteiger partial charge < -0.3 is 15.4 Å². The zero-order valence-electron chi connectivity index (χ0n) is 13.5. The molecule has 23 heavy (non-hydrogen) atoms. The smallest absolute Gasteiger partial charge is 0.315 e. The van der Waals surface area contributed by atoms with Gasteiger partial charge in [-0.1, -0.05) is 24.3 Å². The van der Waals surface area contributed by atoms with E-state index in [1.807, 2.05) is 13.0 Å². The van der Waals surface area contributed by atoms with Crippen LogP contribution >= 0.6 is 0 Å². The lowest BCUT2D eigenvalue weighted by Crippen LogP contribution is -2.46. The lowest BCUT2D eigenvalue weighted by molar-refractivity contribution is 0.0166. The molecular weight excluding hydrogens is 297 g/mol. The minimum Gasteiger partial charge on any atom is -0.379 e. The summed E-state index contributed by atoms with van der Waals surface area (Å²) in [5.41, 5.74) is 1.74. The van der Waals surface area contributed by atoms with Crippen LogP contribution in [0, 0.1) is 5.82 Å². The van der Waals surface area contributed by atoms with Crippen LogP contribution in [0.3, 0.4) is 0 Å². The van der Waals surface area contributed by atoms with E-state index in [0.29, 0.717) is 26.3 Å². The van der Waals surface area contributed by atoms with Crippen LogP contribution < -0.4 is 10.6 Å². The molecule has 126 valence electrons. The third-order valence-electron chi connectivity index (χ3n) is 3.73. The summed E-state index contributed by atoms with van der Waals surface area (Å²) >= 11 is 0. The largest absolute Gasteiger partial charge is 0.379 e. The molecule has 2 amide bonds. The fourth-order valence-electron chi connectivity index (χ4n) is 2.54. The van der Waals surface area contributed by atoms with Gasteiger partial charge in [-0.15, -0.1) is 0 Å². The Morgan fingerprint density at radius 2 is 2.13 bits per heavy atom. The average Bonchev–Trinajstić information content (AvgIpc) is 2.54. The van der Waals surface area contributed by atoms with Crippen LogP contribution in [0.25, 0.3) is 0 Å². The number of hydrogen-bond donors (Lipinski definition) is 2. The number of benzene rings is 1. The molecule has 1 saturated heterocycles. The minimum atomic E-state index is -0.271. The molecule has 0 aliphatic carbocycles. The maximum atomic E-state index is 13.6. The molecule has 6 heteroatoms. The second-order valence-corrected chi connectivity index (χ2v) is 5.74. The van der Waals surface area contributed by atoms with Crippen LogP contribution in [0.5, 0.6) is 0 Å². The number of carbonyl (C=O) groups is 1. The fraction of sp³-hybridized carbons (Fsp3) is 0.471. The molecule has 0 spiro atoms. The van der Waals surface area contributed by atoms with Crippen molar-refractivity contribution in [1.82, 2.24) is 15.5 Å². The normalized spacial score (nSPS) is 16.6. The first-order chi connectivity index (χ1) is 11.1. The third-order valence-corrected chi connectivity index (χ3v) is 3.73. The Morgan fingerprint density at radius 1 is 1.39 bits per heavy atom. The molecule has 1 atom stereocenters. The van der Waals surface area contributed by atoms with Crippen molar-refractivity contribution < 1.29 is 13.9 Å². The van der Waals surface area contributed by atoms with Gasteiger partial charge in [0.25, 0.3) is 0 Å². The quantitative estimate of drug-likeness (QED) is 0.789. The summed E-state index contributed by atoms with van der Waals surface area (Å²) in [5, 5.41) is 5.59. The SMILES string of the molecule is C=C(C)CNC(=O)NCC(c1cccc(F)c1)N1CCOCC1. The number of halogens is 1. The van der Waals surface area contributed by atoms with E-state index in [-0.39, 0.29) is 17.9 Å². The van der Waals surface area contributed by atoms with E-state index in [2.05, 4.69) is 22.1 Å². The van der Waals surface area contributed by atoms with E-state index in [1.165, 1.54) is 12.1 Å². The molecule has 1 aromatic carbocycles. The second-order valence-electron chi connectivity index (χ2n) is 5.74. The average molecular weight is 321 g/mol. The zero-order chi connectivity index (χ0) is 16.7. The van der Waals surface area contributed by atoms with Gasteiger partial charge in [-0.05, 0) is 24.6 Å². The number of ether oxygens (including phenoxy) is 1. The van der Waals surface area contributed by atoms with Gasteiger partial charge in [0.05, 0.1) is 19.3 Å². The van der Waals surface area contributed by atoms with Crippen molar-refractivity contribution in [1.29, 1.82) is 0 Å². The van der Waals surface area contributed by atoms with Crippen LogP contribution in [0.1, 0.15) is 18.5 Å². The van der Waals surface area contributed by atoms with E-state index >= 15 is 0 Å². The molecule has 1 aliphatic rings. The molecule has 0 saturated carbocycles. The number of carbonyl (C=O) groups excluding carboxylic acids is 1. The molecule has 1 fully saturated rings. The Kier molecular flexibility index (Phi) is 6.55. The Morgan fingerprint density at radius 3 is 2.78 bits per heavy atom. The molecule has 1 unspecified atom stereocenters. The van der Waals surface area contributed by atoms with Crippen LogP contribution in [-0.4, -0.2) is 50.3 Å². The third kappa shape index (κ3) is 5.65. The first-order valence-corrected chi connectivity index (χ1v) is 7.79. The Bertz CT molecular complexity index is 544. The van der Waals surface area contributed by atoms with Gasteiger partial charge in [0, 0.05) is 26.2 Å². The Labute approximate surface area is 136 Å². The summed E-state index contributed by atoms with van der Waals surface area (Å²) in [6.45, 7) is 9.26. The summed E-state index contributed by atoms with van der Waals surface area (Å²) < 4.78 is 18.9. The van der Waals surface area contributed by atoms with Gasteiger partial charge in [-0.25, -0.2) is 9.18 Å². The molecule has 1 heterocycles. The van der Waals surface area contributed by atoms with Crippen molar-refractivity contribution in [2.45, 2.75) is 13.0 Å². The van der Waals surface area contributed by atoms with Crippen molar-refractivity contribution in [3.63, 3.8) is 0 Å². The number of nitrogens with one attached hydrogen (secondary N) is 2. The maximum absolute atomic E-state index is 13.6. The van der Waals surface area contributed by atoms with Gasteiger partial charge in [-0.3, -0.25) is 4.90 Å². The van der Waals surface area contributed by atoms with E-state index in [4.69, 9.17) is 4.74 Å². The fourth-order valence-corrected chi connectivity index (χ4v) is 2.54. The monoisotopic (exact) mass is 321 g/mol. The Hall–Kier alpha value is -1.92. The predicted molar refractivity (Wildman–Crippen MR) is 87.7 cm³/mol. The standard InChI is InChI=1S/C17H24FN3O2/c1-13(2)11-19-17(22)20-12-16(21-6-8-23-9-7-21)14-4-3-5-15(18)10-14/h3-5,10,16H,1,6-9,11-12H2,2H3,(H2,19,20,22). The number of hydrogen-bond acceptors (Lipinski definition) is 3. The number of urea groups is 1. The van der Waals surface area contributed by atoms with Gasteiger partial charge >= 0.3 is 6.03 Å². The van der Waals surface area contributed by atoms with Gasteiger partial charge in [0.1, 0.15) is 5.82 Å². The van der Waals surface area contributed by atoms with Crippen molar-refractivity contribution in [3.8, 4) is 0 Å². The molecule has 0 aromatic heterocycles. The molecule has 0 radical (unpaired) electrons. The molecule has 1 aromatic rings. The summed E-state index contributed by atoms with van der Waals surface area (Å²) in [7, 11) is 0. The highest BCUT2D eigenvalue weighted by atomic mass is 19.1. The van der Waals surface area contributed by atoms with Crippen LogP contribution in [0.2, 0.25) is 0 Å². The van der Waals surface area contributed by atoms with Crippen LogP contribution in [-0.2, 0) is 4.74 Å². The van der Waals surface area contributed by atoms with Gasteiger partial charge in [-0.2, -0.15) is 0 Å². The Balaban J connectivity index is 2.01. The first kappa shape index (κ1) is 17.4. The van der Waals surface area contributed by atoms with Crippen LogP contribution in [0.4, 0.5) is 9.18 Å². The van der Waals surface area contributed by atoms with E-state index in [1.54, 1.807) is 6.07 Å². The highest BCUT2D eigenvalue weighted by Gasteiger charge is 2.23. The predicted octanol–water partition coefficient (Wildman–Crippen LogP) is 2.07. The zero-order valence-corrected chi connectivity index (χ0v) is 13.5. The number of rotatable bonds is 6. The van der Waals surface area contributed by atoms with Gasteiger partial charge in [0.15, 0.2) is 0 Å². The lowest BCUT2D eigenvalue weighted by Gasteiger charge is -2.35. The summed E-state index contributed by atoms with van der Waals surface area (Å²) in [4.78, 5) is 14.1. The van der Waals surface area contributed by atoms with E-state index in [9.17, 15) is 9.18 Å². The molecular formula is C17H24FN3O2. The van der Waals surface area contributed by atoms with E-state index in [0.717, 1.165) is 24.2 Å². The minimum absolute atomic E-state index is 0.0785. The van der Waals surface area contributed by atoms with Gasteiger partial charge in [0.2, 0.25) is 0 Å². The van der Waals surface area contributed by atoms with E-state index < -0.39 is 0 Å². The second kappa shape index (κ2) is 8.64. The topological polar surface area (TPSA) is 53.6 Å². The molecule has 5 nitrogen and oxygen atoms in total. The summed E-state index contributed by atoms with van der Waals surface area (Å²) in [6.07, 6.45) is 0. The molecule has 2 rings (SSSR count). The molecule has 0 bridgehead atoms. The maximum Gasteiger partial charge on any atom is 0.315 e.